The van der Waals surface area contributed by atoms with Gasteiger partial charge in [0.1, 0.15) is 11.4 Å². The van der Waals surface area contributed by atoms with Gasteiger partial charge < -0.3 is 9.30 Å². The van der Waals surface area contributed by atoms with Crippen molar-refractivity contribution in [3.8, 4) is 11.4 Å². The maximum absolute atomic E-state index is 13.0. The Hall–Kier alpha value is -4.20. The van der Waals surface area contributed by atoms with Crippen molar-refractivity contribution in [2.45, 2.75) is 20.8 Å². The molecule has 2 aromatic carbocycles. The fraction of sp³-hybridized carbons (Fsp3) is 0.167. The molecule has 1 aliphatic rings. The SMILES string of the molecule is COc1ccc(-n2c(C)cc(/C=C3\C(=O)N(c4ccccc4)N=C3C)c2C)c([N+](=O)[O-])c1. The first-order chi connectivity index (χ1) is 15.3. The molecule has 0 spiro atoms. The van der Waals surface area contributed by atoms with Crippen LogP contribution in [0.15, 0.2) is 65.3 Å². The van der Waals surface area contributed by atoms with E-state index in [9.17, 15) is 14.9 Å². The fourth-order valence-corrected chi connectivity index (χ4v) is 3.85. The Kier molecular flexibility index (Phi) is 5.36. The van der Waals surface area contributed by atoms with Gasteiger partial charge in [-0.2, -0.15) is 10.1 Å². The highest BCUT2D eigenvalue weighted by molar-refractivity contribution is 6.32. The predicted octanol–water partition coefficient (Wildman–Crippen LogP) is 4.82. The van der Waals surface area contributed by atoms with Crippen LogP contribution in [0.3, 0.4) is 0 Å². The van der Waals surface area contributed by atoms with Crippen LogP contribution in [0.4, 0.5) is 11.4 Å². The molecule has 162 valence electrons. The van der Waals surface area contributed by atoms with Crippen molar-refractivity contribution in [3.05, 3.63) is 87.2 Å². The van der Waals surface area contributed by atoms with Crippen LogP contribution >= 0.6 is 0 Å². The molecule has 0 saturated heterocycles. The number of methoxy groups -OCH3 is 1. The van der Waals surface area contributed by atoms with Crippen LogP contribution < -0.4 is 9.75 Å². The molecule has 4 rings (SSSR count). The van der Waals surface area contributed by atoms with Gasteiger partial charge in [0.25, 0.3) is 11.6 Å². The molecule has 3 aromatic rings. The van der Waals surface area contributed by atoms with Crippen molar-refractivity contribution in [3.63, 3.8) is 0 Å². The van der Waals surface area contributed by atoms with Gasteiger partial charge in [-0.25, -0.2) is 0 Å². The molecule has 0 fully saturated rings. The number of nitro benzene ring substituents is 1. The molecule has 0 unspecified atom stereocenters. The lowest BCUT2D eigenvalue weighted by molar-refractivity contribution is -0.384. The predicted molar refractivity (Wildman–Crippen MR) is 123 cm³/mol. The van der Waals surface area contributed by atoms with Crippen LogP contribution in [-0.4, -0.2) is 28.2 Å². The van der Waals surface area contributed by atoms with Crippen molar-refractivity contribution in [1.82, 2.24) is 4.57 Å². The zero-order valence-corrected chi connectivity index (χ0v) is 18.2. The summed E-state index contributed by atoms with van der Waals surface area (Å²) >= 11 is 0. The molecule has 0 saturated carbocycles. The number of nitrogens with zero attached hydrogens (tertiary/aromatic N) is 4. The van der Waals surface area contributed by atoms with Crippen molar-refractivity contribution < 1.29 is 14.5 Å². The van der Waals surface area contributed by atoms with Crippen molar-refractivity contribution >= 4 is 29.1 Å². The van der Waals surface area contributed by atoms with E-state index in [0.29, 0.717) is 28.4 Å². The minimum atomic E-state index is -0.427. The third kappa shape index (κ3) is 3.56. The van der Waals surface area contributed by atoms with E-state index >= 15 is 0 Å². The second-order valence-corrected chi connectivity index (χ2v) is 7.47. The normalized spacial score (nSPS) is 14.8. The maximum atomic E-state index is 13.0. The van der Waals surface area contributed by atoms with Crippen LogP contribution in [0, 0.1) is 24.0 Å². The van der Waals surface area contributed by atoms with Gasteiger partial charge in [0.15, 0.2) is 0 Å². The van der Waals surface area contributed by atoms with Gasteiger partial charge in [-0.05, 0) is 62.7 Å². The summed E-state index contributed by atoms with van der Waals surface area (Å²) in [7, 11) is 1.47. The number of rotatable bonds is 5. The second-order valence-electron chi connectivity index (χ2n) is 7.47. The Morgan fingerprint density at radius 1 is 1.06 bits per heavy atom. The molecule has 8 nitrogen and oxygen atoms in total. The molecule has 1 aromatic heterocycles. The quantitative estimate of drug-likeness (QED) is 0.330. The van der Waals surface area contributed by atoms with Crippen LogP contribution in [0.25, 0.3) is 11.8 Å². The topological polar surface area (TPSA) is 90.0 Å². The summed E-state index contributed by atoms with van der Waals surface area (Å²) in [5.41, 5.74) is 4.54. The third-order valence-electron chi connectivity index (χ3n) is 5.45. The van der Waals surface area contributed by atoms with Gasteiger partial charge in [-0.3, -0.25) is 14.9 Å². The van der Waals surface area contributed by atoms with Crippen molar-refractivity contribution in [2.75, 3.05) is 12.1 Å². The number of hydrazone groups is 1. The summed E-state index contributed by atoms with van der Waals surface area (Å²) < 4.78 is 6.95. The number of benzene rings is 2. The van der Waals surface area contributed by atoms with E-state index in [2.05, 4.69) is 5.10 Å². The Bertz CT molecular complexity index is 1290. The van der Waals surface area contributed by atoms with Crippen molar-refractivity contribution in [2.24, 2.45) is 5.10 Å². The molecule has 8 heteroatoms. The highest BCUT2D eigenvalue weighted by Crippen LogP contribution is 2.33. The average molecular weight is 430 g/mol. The number of anilines is 1. The van der Waals surface area contributed by atoms with E-state index in [1.165, 1.54) is 18.2 Å². The second kappa shape index (κ2) is 8.14. The molecule has 0 N–H and O–H groups in total. The molecular formula is C24H22N4O4. The molecule has 0 radical (unpaired) electrons. The lowest BCUT2D eigenvalue weighted by atomic mass is 10.1. The molecular weight excluding hydrogens is 408 g/mol. The lowest BCUT2D eigenvalue weighted by Crippen LogP contribution is -2.21. The number of ether oxygens (including phenoxy) is 1. The van der Waals surface area contributed by atoms with Gasteiger partial charge in [-0.1, -0.05) is 18.2 Å². The Morgan fingerprint density at radius 2 is 1.78 bits per heavy atom. The minimum Gasteiger partial charge on any atom is -0.496 e. The number of para-hydroxylation sites is 1. The zero-order chi connectivity index (χ0) is 23.0. The van der Waals surface area contributed by atoms with E-state index in [0.717, 1.165) is 17.0 Å². The Balaban J connectivity index is 1.77. The van der Waals surface area contributed by atoms with E-state index in [1.54, 1.807) is 25.1 Å². The summed E-state index contributed by atoms with van der Waals surface area (Å²) in [5.74, 6) is 0.198. The molecule has 2 heterocycles. The van der Waals surface area contributed by atoms with Crippen LogP contribution in [-0.2, 0) is 4.79 Å². The highest BCUT2D eigenvalue weighted by atomic mass is 16.6. The van der Waals surface area contributed by atoms with E-state index in [4.69, 9.17) is 4.74 Å². The molecule has 0 bridgehead atoms. The fourth-order valence-electron chi connectivity index (χ4n) is 3.85. The number of aromatic nitrogens is 1. The summed E-state index contributed by atoms with van der Waals surface area (Å²) in [6, 6.07) is 15.9. The largest absolute Gasteiger partial charge is 0.496 e. The lowest BCUT2D eigenvalue weighted by Gasteiger charge is -2.12. The molecule has 0 atom stereocenters. The summed E-state index contributed by atoms with van der Waals surface area (Å²) in [4.78, 5) is 24.3. The number of amides is 1. The maximum Gasteiger partial charge on any atom is 0.296 e. The first-order valence-electron chi connectivity index (χ1n) is 10.0. The van der Waals surface area contributed by atoms with Gasteiger partial charge in [-0.15, -0.1) is 0 Å². The third-order valence-corrected chi connectivity index (χ3v) is 5.45. The smallest absolute Gasteiger partial charge is 0.296 e. The Morgan fingerprint density at radius 3 is 2.44 bits per heavy atom. The number of hydrogen-bond donors (Lipinski definition) is 0. The molecule has 1 aliphatic heterocycles. The van der Waals surface area contributed by atoms with Crippen molar-refractivity contribution in [1.29, 1.82) is 0 Å². The van der Waals surface area contributed by atoms with Crippen LogP contribution in [0.5, 0.6) is 5.75 Å². The molecule has 1 amide bonds. The number of carbonyl (C=O) groups excluding carboxylic acids is 1. The van der Waals surface area contributed by atoms with Crippen LogP contribution in [0.1, 0.15) is 23.9 Å². The van der Waals surface area contributed by atoms with Gasteiger partial charge >= 0.3 is 0 Å². The highest BCUT2D eigenvalue weighted by Gasteiger charge is 2.29. The minimum absolute atomic E-state index is 0.0599. The number of aryl methyl sites for hydroxylation is 1. The van der Waals surface area contributed by atoms with E-state index in [1.807, 2.05) is 54.8 Å². The summed E-state index contributed by atoms with van der Waals surface area (Å²) in [6.07, 6.45) is 1.79. The number of carbonyl (C=O) groups is 1. The number of hydrogen-bond acceptors (Lipinski definition) is 5. The van der Waals surface area contributed by atoms with E-state index in [-0.39, 0.29) is 11.6 Å². The van der Waals surface area contributed by atoms with Gasteiger partial charge in [0.05, 0.1) is 35.1 Å². The van der Waals surface area contributed by atoms with Gasteiger partial charge in [0.2, 0.25) is 0 Å². The first-order valence-corrected chi connectivity index (χ1v) is 10.0. The number of nitro groups is 1. The van der Waals surface area contributed by atoms with E-state index < -0.39 is 4.92 Å². The van der Waals surface area contributed by atoms with Gasteiger partial charge in [0, 0.05) is 11.4 Å². The molecule has 32 heavy (non-hydrogen) atoms. The monoisotopic (exact) mass is 430 g/mol. The zero-order valence-electron chi connectivity index (χ0n) is 18.2. The molecule has 0 aliphatic carbocycles. The van der Waals surface area contributed by atoms with Crippen LogP contribution in [0.2, 0.25) is 0 Å². The first kappa shape index (κ1) is 21.0. The summed E-state index contributed by atoms with van der Waals surface area (Å²) in [5, 5.41) is 17.5. The summed E-state index contributed by atoms with van der Waals surface area (Å²) in [6.45, 7) is 5.53. The average Bonchev–Trinajstić information content (AvgIpc) is 3.23. The standard InChI is InChI=1S/C24H22N4O4/c1-15-12-18(13-21-16(2)25-27(24(21)29)19-8-6-5-7-9-19)17(3)26(15)22-11-10-20(32-4)14-23(22)28(30)31/h5-14H,1-4H3/b21-13-. The Labute approximate surface area is 185 Å².